The smallest absolute Gasteiger partial charge is 0.326 e. The maximum absolute atomic E-state index is 12.0. The van der Waals surface area contributed by atoms with Crippen LogP contribution in [-0.2, 0) is 28.8 Å². The molecule has 0 aliphatic rings. The summed E-state index contributed by atoms with van der Waals surface area (Å²) in [6, 6.07) is -4.15. The van der Waals surface area contributed by atoms with Gasteiger partial charge in [-0.05, 0) is 0 Å². The van der Waals surface area contributed by atoms with Crippen molar-refractivity contribution < 1.29 is 39.0 Å². The van der Waals surface area contributed by atoms with Gasteiger partial charge in [0.2, 0.25) is 23.6 Å². The van der Waals surface area contributed by atoms with Gasteiger partial charge in [0.15, 0.2) is 0 Å². The van der Waals surface area contributed by atoms with Gasteiger partial charge in [-0.2, -0.15) is 12.6 Å². The van der Waals surface area contributed by atoms with Crippen molar-refractivity contribution in [2.24, 2.45) is 11.5 Å². The van der Waals surface area contributed by atoms with E-state index in [1.807, 2.05) is 5.32 Å². The molecule has 0 aromatic heterocycles. The number of carbonyl (C=O) groups excluding carboxylic acids is 4. The molecular weight excluding hydrogens is 386 g/mol. The van der Waals surface area contributed by atoms with Crippen molar-refractivity contribution in [2.75, 3.05) is 12.3 Å². The summed E-state index contributed by atoms with van der Waals surface area (Å²) >= 11 is 3.87. The zero-order valence-corrected chi connectivity index (χ0v) is 14.9. The molecule has 152 valence electrons. The largest absolute Gasteiger partial charge is 0.481 e. The fourth-order valence-electron chi connectivity index (χ4n) is 1.69. The number of nitrogens with one attached hydrogen (secondary N) is 3. The van der Waals surface area contributed by atoms with Gasteiger partial charge in [0, 0.05) is 5.75 Å². The number of carboxylic acid groups (broad SMARTS) is 2. The fourth-order valence-corrected chi connectivity index (χ4v) is 1.95. The van der Waals surface area contributed by atoms with Crippen LogP contribution in [0.1, 0.15) is 12.8 Å². The van der Waals surface area contributed by atoms with Crippen LogP contribution in [-0.4, -0.2) is 76.2 Å². The van der Waals surface area contributed by atoms with Gasteiger partial charge < -0.3 is 37.6 Å². The van der Waals surface area contributed by atoms with E-state index in [1.54, 1.807) is 0 Å². The average molecular weight is 407 g/mol. The molecule has 27 heavy (non-hydrogen) atoms. The molecule has 0 aromatic carbocycles. The molecule has 0 heterocycles. The van der Waals surface area contributed by atoms with Crippen LogP contribution in [0.4, 0.5) is 0 Å². The van der Waals surface area contributed by atoms with Crippen LogP contribution < -0.4 is 27.4 Å². The number of carboxylic acids is 2. The molecule has 0 aliphatic carbocycles. The van der Waals surface area contributed by atoms with E-state index in [-0.39, 0.29) is 5.75 Å². The predicted octanol–water partition coefficient (Wildman–Crippen LogP) is -4.24. The van der Waals surface area contributed by atoms with E-state index in [0.29, 0.717) is 0 Å². The van der Waals surface area contributed by atoms with E-state index in [2.05, 4.69) is 23.3 Å². The average Bonchev–Trinajstić information content (AvgIpc) is 2.55. The van der Waals surface area contributed by atoms with Crippen molar-refractivity contribution >= 4 is 48.2 Å². The van der Waals surface area contributed by atoms with E-state index in [1.165, 1.54) is 0 Å². The molecule has 14 heteroatoms. The standard InChI is InChI=1S/C13H21N5O8S/c14-5(1-10(21)22)11(23)18-7(4-27)12(24)16-3-9(20)17-6(13(25)26)2-8(15)19/h5-7,27H,1-4,14H2,(H2,15,19)(H,16,24)(H,17,20)(H,18,23)(H,21,22)(H,25,26). The highest BCUT2D eigenvalue weighted by Crippen LogP contribution is 1.95. The lowest BCUT2D eigenvalue weighted by atomic mass is 10.2. The van der Waals surface area contributed by atoms with Crippen molar-refractivity contribution in [3.8, 4) is 0 Å². The molecule has 0 fully saturated rings. The number of aliphatic carboxylic acids is 2. The number of hydrogen-bond acceptors (Lipinski definition) is 8. The lowest BCUT2D eigenvalue weighted by molar-refractivity contribution is -0.143. The first-order valence-corrected chi connectivity index (χ1v) is 8.07. The monoisotopic (exact) mass is 407 g/mol. The number of hydrogen-bond donors (Lipinski definition) is 8. The zero-order valence-electron chi connectivity index (χ0n) is 14.0. The summed E-state index contributed by atoms with van der Waals surface area (Å²) in [4.78, 5) is 67.5. The molecule has 0 bridgehead atoms. The van der Waals surface area contributed by atoms with E-state index >= 15 is 0 Å². The van der Waals surface area contributed by atoms with Crippen molar-refractivity contribution in [3.63, 3.8) is 0 Å². The summed E-state index contributed by atoms with van der Waals surface area (Å²) in [5.41, 5.74) is 10.2. The zero-order chi connectivity index (χ0) is 21.1. The van der Waals surface area contributed by atoms with Crippen molar-refractivity contribution in [3.05, 3.63) is 0 Å². The number of carbonyl (C=O) groups is 6. The number of primary amides is 1. The van der Waals surface area contributed by atoms with Crippen LogP contribution in [0.2, 0.25) is 0 Å². The molecule has 0 aromatic rings. The molecule has 4 amide bonds. The van der Waals surface area contributed by atoms with E-state index in [9.17, 15) is 28.8 Å². The van der Waals surface area contributed by atoms with Crippen molar-refractivity contribution in [2.45, 2.75) is 31.0 Å². The molecule has 0 spiro atoms. The van der Waals surface area contributed by atoms with Gasteiger partial charge >= 0.3 is 11.9 Å². The normalized spacial score (nSPS) is 13.6. The quantitative estimate of drug-likeness (QED) is 0.146. The lowest BCUT2D eigenvalue weighted by Crippen LogP contribution is -2.54. The van der Waals surface area contributed by atoms with Gasteiger partial charge in [0.25, 0.3) is 0 Å². The summed E-state index contributed by atoms with van der Waals surface area (Å²) in [6.07, 6.45) is -1.28. The Morgan fingerprint density at radius 1 is 0.926 bits per heavy atom. The van der Waals surface area contributed by atoms with E-state index in [4.69, 9.17) is 21.7 Å². The van der Waals surface area contributed by atoms with E-state index in [0.717, 1.165) is 0 Å². The molecule has 0 rings (SSSR count). The Bertz CT molecular complexity index is 614. The molecular formula is C13H21N5O8S. The second kappa shape index (κ2) is 11.7. The minimum absolute atomic E-state index is 0.182. The van der Waals surface area contributed by atoms with Gasteiger partial charge in [0.05, 0.1) is 25.4 Å². The second-order valence-corrected chi connectivity index (χ2v) is 5.66. The topological polar surface area (TPSA) is 231 Å². The number of amides is 4. The van der Waals surface area contributed by atoms with Crippen LogP contribution in [0.25, 0.3) is 0 Å². The summed E-state index contributed by atoms with van der Waals surface area (Å²) < 4.78 is 0. The Hall–Kier alpha value is -2.87. The fraction of sp³-hybridized carbons (Fsp3) is 0.538. The summed E-state index contributed by atoms with van der Waals surface area (Å²) in [5.74, 6) is -6.56. The third-order valence-electron chi connectivity index (χ3n) is 3.01. The van der Waals surface area contributed by atoms with Gasteiger partial charge in [-0.1, -0.05) is 0 Å². The van der Waals surface area contributed by atoms with Crippen molar-refractivity contribution in [1.82, 2.24) is 16.0 Å². The maximum atomic E-state index is 12.0. The lowest BCUT2D eigenvalue weighted by Gasteiger charge is -2.19. The minimum Gasteiger partial charge on any atom is -0.481 e. The first-order chi connectivity index (χ1) is 12.5. The van der Waals surface area contributed by atoms with Crippen LogP contribution in [0, 0.1) is 0 Å². The highest BCUT2D eigenvalue weighted by molar-refractivity contribution is 7.80. The minimum atomic E-state index is -1.55. The molecule has 0 saturated heterocycles. The molecule has 0 radical (unpaired) electrons. The Morgan fingerprint density at radius 2 is 1.52 bits per heavy atom. The Kier molecular flexibility index (Phi) is 10.4. The first-order valence-electron chi connectivity index (χ1n) is 7.44. The summed E-state index contributed by atoms with van der Waals surface area (Å²) in [5, 5.41) is 23.7. The van der Waals surface area contributed by atoms with Gasteiger partial charge in [-0.3, -0.25) is 24.0 Å². The molecule has 13 nitrogen and oxygen atoms in total. The third kappa shape index (κ3) is 10.0. The summed E-state index contributed by atoms with van der Waals surface area (Å²) in [7, 11) is 0. The third-order valence-corrected chi connectivity index (χ3v) is 3.37. The highest BCUT2D eigenvalue weighted by Gasteiger charge is 2.25. The summed E-state index contributed by atoms with van der Waals surface area (Å²) in [6.45, 7) is -0.650. The van der Waals surface area contributed by atoms with Crippen molar-refractivity contribution in [1.29, 1.82) is 0 Å². The van der Waals surface area contributed by atoms with Crippen LogP contribution in [0.3, 0.4) is 0 Å². The molecule has 3 unspecified atom stereocenters. The Balaban J connectivity index is 4.60. The van der Waals surface area contributed by atoms with Gasteiger partial charge in [0.1, 0.15) is 12.1 Å². The molecule has 0 saturated carbocycles. The predicted molar refractivity (Wildman–Crippen MR) is 92.4 cm³/mol. The molecule has 0 aliphatic heterocycles. The van der Waals surface area contributed by atoms with Gasteiger partial charge in [-0.15, -0.1) is 0 Å². The Labute approximate surface area is 158 Å². The van der Waals surface area contributed by atoms with E-state index < -0.39 is 73.1 Å². The number of rotatable bonds is 12. The molecule has 9 N–H and O–H groups in total. The van der Waals surface area contributed by atoms with Crippen LogP contribution in [0.5, 0.6) is 0 Å². The highest BCUT2D eigenvalue weighted by atomic mass is 32.1. The second-order valence-electron chi connectivity index (χ2n) is 5.29. The van der Waals surface area contributed by atoms with Crippen LogP contribution >= 0.6 is 12.6 Å². The van der Waals surface area contributed by atoms with Gasteiger partial charge in [-0.25, -0.2) is 4.79 Å². The number of nitrogens with two attached hydrogens (primary N) is 2. The maximum Gasteiger partial charge on any atom is 0.326 e. The number of thiol groups is 1. The first kappa shape index (κ1) is 24.1. The SMILES string of the molecule is NC(=O)CC(NC(=O)CNC(=O)C(CS)NC(=O)C(N)CC(=O)O)C(=O)O. The molecule has 3 atom stereocenters. The van der Waals surface area contributed by atoms with Crippen LogP contribution in [0.15, 0.2) is 0 Å². The Morgan fingerprint density at radius 3 is 1.96 bits per heavy atom.